The number of benzene rings is 1. The summed E-state index contributed by atoms with van der Waals surface area (Å²) in [7, 11) is 5.82. The highest BCUT2D eigenvalue weighted by atomic mass is 19.1. The molecule has 1 fully saturated rings. The van der Waals surface area contributed by atoms with Crippen LogP contribution in [-0.2, 0) is 0 Å². The third-order valence-electron chi connectivity index (χ3n) is 6.06. The van der Waals surface area contributed by atoms with Crippen LogP contribution in [0.2, 0.25) is 0 Å². The number of nitrogens with zero attached hydrogens (tertiary/aromatic N) is 4. The van der Waals surface area contributed by atoms with Crippen molar-refractivity contribution >= 4 is 5.57 Å². The van der Waals surface area contributed by atoms with E-state index in [1.807, 2.05) is 52.8 Å². The van der Waals surface area contributed by atoms with Crippen LogP contribution in [0.3, 0.4) is 0 Å². The molecule has 1 N–H and O–H groups in total. The molecule has 2 rings (SSSR count). The lowest BCUT2D eigenvalue weighted by Crippen LogP contribution is -2.56. The van der Waals surface area contributed by atoms with Crippen molar-refractivity contribution in [2.24, 2.45) is 0 Å². The van der Waals surface area contributed by atoms with Crippen molar-refractivity contribution in [2.45, 2.75) is 47.6 Å². The first kappa shape index (κ1) is 33.4. The van der Waals surface area contributed by atoms with Gasteiger partial charge in [-0.3, -0.25) is 0 Å². The quantitative estimate of drug-likeness (QED) is 0.283. The average Bonchev–Trinajstić information content (AvgIpc) is 2.87. The highest BCUT2D eigenvalue weighted by Crippen LogP contribution is 2.28. The second-order valence-corrected chi connectivity index (χ2v) is 8.25. The van der Waals surface area contributed by atoms with Crippen LogP contribution in [0.5, 0.6) is 0 Å². The van der Waals surface area contributed by atoms with Crippen molar-refractivity contribution in [1.29, 1.82) is 5.26 Å². The van der Waals surface area contributed by atoms with Crippen molar-refractivity contribution in [3.05, 3.63) is 102 Å². The number of hydrogen-bond acceptors (Lipinski definition) is 5. The van der Waals surface area contributed by atoms with E-state index < -0.39 is 5.82 Å². The highest BCUT2D eigenvalue weighted by molar-refractivity contribution is 5.77. The van der Waals surface area contributed by atoms with Crippen LogP contribution in [0, 0.1) is 24.1 Å². The zero-order chi connectivity index (χ0) is 28.9. The summed E-state index contributed by atoms with van der Waals surface area (Å²) < 4.78 is 14.4. The minimum absolute atomic E-state index is 0.0435. The van der Waals surface area contributed by atoms with Crippen molar-refractivity contribution < 1.29 is 9.50 Å². The monoisotopic (exact) mass is 508 g/mol. The standard InChI is InChI=1S/C27H33FN4O.2C2H6/c1-9-21(20(5)32-16-23(17-32)30(6)7)12-11-18(3)31(8)27(33)24(10-2)25-14-13-22(15-29)26(28)19(25)4;2*1-2/h9-14,23,33H,2-3,5,16-17H2,1,4,6-8H3;2*1-2H3/b12-11-,21-9+,27-24-;;. The van der Waals surface area contributed by atoms with Crippen LogP contribution >= 0.6 is 0 Å². The minimum atomic E-state index is -0.609. The largest absolute Gasteiger partial charge is 0.494 e. The van der Waals surface area contributed by atoms with Gasteiger partial charge in [-0.2, -0.15) is 5.26 Å². The molecule has 1 saturated heterocycles. The van der Waals surface area contributed by atoms with E-state index in [4.69, 9.17) is 5.26 Å². The van der Waals surface area contributed by atoms with Crippen molar-refractivity contribution in [1.82, 2.24) is 14.7 Å². The summed E-state index contributed by atoms with van der Waals surface area (Å²) in [6.07, 6.45) is 7.16. The number of halogens is 1. The number of aliphatic hydroxyl groups excluding tert-OH is 1. The van der Waals surface area contributed by atoms with E-state index in [0.29, 0.717) is 22.9 Å². The molecule has 0 bridgehead atoms. The summed E-state index contributed by atoms with van der Waals surface area (Å²) in [4.78, 5) is 5.94. The Morgan fingerprint density at radius 2 is 1.70 bits per heavy atom. The van der Waals surface area contributed by atoms with Crippen molar-refractivity contribution in [3.8, 4) is 6.07 Å². The third-order valence-corrected chi connectivity index (χ3v) is 6.06. The molecule has 37 heavy (non-hydrogen) atoms. The number of rotatable bonds is 9. The number of nitriles is 1. The third kappa shape index (κ3) is 8.23. The van der Waals surface area contributed by atoms with Gasteiger partial charge in [0.25, 0.3) is 0 Å². The Morgan fingerprint density at radius 3 is 2.16 bits per heavy atom. The molecule has 1 aromatic rings. The lowest BCUT2D eigenvalue weighted by atomic mass is 9.97. The number of likely N-dealkylation sites (tertiary alicyclic amines) is 1. The fourth-order valence-corrected chi connectivity index (χ4v) is 3.54. The SMILES string of the molecule is C=C/C(=C(/O)N(C)C(=C)/C=C\C(=C/C)C(=C)N1CC(N(C)C)C1)c1ccc(C#N)c(F)c1C.CC.CC. The molecular weight excluding hydrogens is 463 g/mol. The topological polar surface area (TPSA) is 53.7 Å². The van der Waals surface area contributed by atoms with Gasteiger partial charge < -0.3 is 19.8 Å². The molecular formula is C31H45FN4O. The molecule has 0 saturated carbocycles. The first-order valence-electron chi connectivity index (χ1n) is 12.7. The minimum Gasteiger partial charge on any atom is -0.494 e. The molecule has 1 aliphatic rings. The average molecular weight is 509 g/mol. The van der Waals surface area contributed by atoms with Gasteiger partial charge >= 0.3 is 0 Å². The number of hydrogen-bond donors (Lipinski definition) is 1. The van der Waals surface area contributed by atoms with Crippen LogP contribution in [-0.4, -0.2) is 60.1 Å². The summed E-state index contributed by atoms with van der Waals surface area (Å²) in [6, 6.07) is 5.35. The van der Waals surface area contributed by atoms with E-state index in [-0.39, 0.29) is 17.0 Å². The summed E-state index contributed by atoms with van der Waals surface area (Å²) >= 11 is 0. The molecule has 0 spiro atoms. The molecule has 202 valence electrons. The van der Waals surface area contributed by atoms with Gasteiger partial charge in [0.15, 0.2) is 5.88 Å². The molecule has 1 aromatic carbocycles. The highest BCUT2D eigenvalue weighted by Gasteiger charge is 2.29. The first-order valence-corrected chi connectivity index (χ1v) is 12.7. The molecule has 1 aliphatic heterocycles. The number of likely N-dealkylation sites (N-methyl/N-ethyl adjacent to an activating group) is 2. The first-order chi connectivity index (χ1) is 17.6. The molecule has 0 atom stereocenters. The lowest BCUT2D eigenvalue weighted by molar-refractivity contribution is 0.0972. The number of aliphatic hydroxyl groups is 1. The van der Waals surface area contributed by atoms with Crippen molar-refractivity contribution in [3.63, 3.8) is 0 Å². The Bertz CT molecular complexity index is 1080. The Kier molecular flexibility index (Phi) is 14.7. The van der Waals surface area contributed by atoms with Gasteiger partial charge in [-0.25, -0.2) is 4.39 Å². The zero-order valence-corrected chi connectivity index (χ0v) is 24.2. The molecule has 0 amide bonds. The van der Waals surface area contributed by atoms with Gasteiger partial charge in [-0.05, 0) is 56.8 Å². The lowest BCUT2D eigenvalue weighted by Gasteiger charge is -2.45. The summed E-state index contributed by atoms with van der Waals surface area (Å²) in [5, 5.41) is 19.9. The fourth-order valence-electron chi connectivity index (χ4n) is 3.54. The van der Waals surface area contributed by atoms with E-state index in [9.17, 15) is 9.50 Å². The van der Waals surface area contributed by atoms with Crippen molar-refractivity contribution in [2.75, 3.05) is 34.2 Å². The van der Waals surface area contributed by atoms with Gasteiger partial charge in [0.2, 0.25) is 0 Å². The van der Waals surface area contributed by atoms with Crippen LogP contribution < -0.4 is 0 Å². The molecule has 0 radical (unpaired) electrons. The maximum Gasteiger partial charge on any atom is 0.199 e. The second kappa shape index (κ2) is 16.2. The molecule has 6 heteroatoms. The predicted octanol–water partition coefficient (Wildman–Crippen LogP) is 7.18. The van der Waals surface area contributed by atoms with E-state index in [1.165, 1.54) is 17.0 Å². The van der Waals surface area contributed by atoms with E-state index in [2.05, 4.69) is 43.6 Å². The Labute approximate surface area is 224 Å². The molecule has 0 unspecified atom stereocenters. The van der Waals surface area contributed by atoms with Crippen LogP contribution in [0.1, 0.15) is 51.3 Å². The van der Waals surface area contributed by atoms with Gasteiger partial charge in [-0.1, -0.05) is 71.7 Å². The Balaban J connectivity index is 0.00000308. The predicted molar refractivity (Wildman–Crippen MR) is 156 cm³/mol. The zero-order valence-electron chi connectivity index (χ0n) is 24.2. The van der Waals surface area contributed by atoms with Gasteiger partial charge in [0.1, 0.15) is 11.9 Å². The van der Waals surface area contributed by atoms with Gasteiger partial charge in [0, 0.05) is 43.1 Å². The van der Waals surface area contributed by atoms with E-state index >= 15 is 0 Å². The maximum atomic E-state index is 14.4. The van der Waals surface area contributed by atoms with Crippen LogP contribution in [0.25, 0.3) is 5.57 Å². The Hall–Kier alpha value is -3.56. The normalized spacial score (nSPS) is 13.9. The summed E-state index contributed by atoms with van der Waals surface area (Å²) in [5.74, 6) is -0.730. The smallest absolute Gasteiger partial charge is 0.199 e. The van der Waals surface area contributed by atoms with E-state index in [0.717, 1.165) is 24.4 Å². The Morgan fingerprint density at radius 1 is 1.14 bits per heavy atom. The molecule has 1 heterocycles. The van der Waals surface area contributed by atoms with Crippen LogP contribution in [0.15, 0.2) is 79.0 Å². The fraction of sp³-hybridized carbons (Fsp3) is 0.387. The maximum absolute atomic E-state index is 14.4. The number of allylic oxidation sites excluding steroid dienone is 5. The van der Waals surface area contributed by atoms with Crippen LogP contribution in [0.4, 0.5) is 4.39 Å². The summed E-state index contributed by atoms with van der Waals surface area (Å²) in [6.45, 7) is 25.4. The van der Waals surface area contributed by atoms with Gasteiger partial charge in [0.05, 0.1) is 5.56 Å². The summed E-state index contributed by atoms with van der Waals surface area (Å²) in [5.41, 5.74) is 3.47. The molecule has 0 aromatic heterocycles. The van der Waals surface area contributed by atoms with E-state index in [1.54, 1.807) is 26.1 Å². The van der Waals surface area contributed by atoms with Gasteiger partial charge in [-0.15, -0.1) is 0 Å². The second-order valence-electron chi connectivity index (χ2n) is 8.25. The molecule has 5 nitrogen and oxygen atoms in total. The molecule has 0 aliphatic carbocycles.